The number of rotatable bonds is 20. The van der Waals surface area contributed by atoms with Gasteiger partial charge in [0.1, 0.15) is 58.3 Å². The highest BCUT2D eigenvalue weighted by molar-refractivity contribution is 6.05. The van der Waals surface area contributed by atoms with Crippen LogP contribution in [0.1, 0.15) is 234 Å². The normalized spacial score (nSPS) is 30.9. The summed E-state index contributed by atoms with van der Waals surface area (Å²) in [6.45, 7) is 25.5. The maximum atomic E-state index is 17.3. The van der Waals surface area contributed by atoms with Gasteiger partial charge >= 0.3 is 17.9 Å². The molecular formula is C106H132F3N9O21. The van der Waals surface area contributed by atoms with E-state index in [0.29, 0.717) is 130 Å². The molecule has 6 aromatic rings. The molecule has 3 aromatic heterocycles. The minimum atomic E-state index is -1.60. The van der Waals surface area contributed by atoms with E-state index in [9.17, 15) is 83.7 Å². The molecule has 139 heavy (non-hydrogen) atoms. The van der Waals surface area contributed by atoms with Gasteiger partial charge in [-0.05, 0) is 206 Å². The fourth-order valence-electron chi connectivity index (χ4n) is 28.3. The van der Waals surface area contributed by atoms with Crippen LogP contribution in [-0.4, -0.2) is 242 Å². The number of halogens is 3. The third kappa shape index (κ3) is 15.6. The summed E-state index contributed by atoms with van der Waals surface area (Å²) in [5, 5.41) is 79.2. The highest BCUT2D eigenvalue weighted by Crippen LogP contribution is 2.70. The van der Waals surface area contributed by atoms with Gasteiger partial charge in [-0.25, -0.2) is 27.6 Å². The number of nitrogens with one attached hydrogen (secondary N) is 1. The number of carboxylic acids is 2. The molecule has 748 valence electrons. The summed E-state index contributed by atoms with van der Waals surface area (Å²) >= 11 is 0. The van der Waals surface area contributed by atoms with Gasteiger partial charge in [-0.15, -0.1) is 0 Å². The first-order chi connectivity index (χ1) is 65.9. The second-order valence-corrected chi connectivity index (χ2v) is 43.2. The molecule has 8 N–H and O–H groups in total. The predicted molar refractivity (Wildman–Crippen MR) is 516 cm³/mol. The molecule has 0 amide bonds. The van der Waals surface area contributed by atoms with Crippen molar-refractivity contribution in [2.75, 3.05) is 121 Å². The number of fused-ring (bicyclic) bond motifs is 13. The molecule has 9 saturated carbocycles. The van der Waals surface area contributed by atoms with Crippen LogP contribution in [0.5, 0.6) is 17.2 Å². The zero-order chi connectivity index (χ0) is 99.9. The van der Waals surface area contributed by atoms with Crippen molar-refractivity contribution in [1.82, 2.24) is 28.8 Å². The number of ketones is 4. The predicted octanol–water partition coefficient (Wildman–Crippen LogP) is 11.8. The van der Waals surface area contributed by atoms with E-state index in [1.165, 1.54) is 28.3 Å². The molecule has 2 unspecified atom stereocenters. The lowest BCUT2D eigenvalue weighted by atomic mass is 9.46. The minimum Gasteiger partial charge on any atom is -0.492 e. The zero-order valence-corrected chi connectivity index (χ0v) is 82.2. The molecule has 12 fully saturated rings. The fourth-order valence-corrected chi connectivity index (χ4v) is 28.3. The maximum Gasteiger partial charge on any atom is 0.345 e. The number of carboxylic acid groups (broad SMARTS) is 2. The number of hydrogen-bond donors (Lipinski definition) is 8. The molecule has 20 rings (SSSR count). The highest BCUT2D eigenvalue weighted by Gasteiger charge is 2.70. The van der Waals surface area contributed by atoms with Gasteiger partial charge < -0.3 is 88.4 Å². The lowest BCUT2D eigenvalue weighted by molar-refractivity contribution is -0.178. The third-order valence-electron chi connectivity index (χ3n) is 35.8. The van der Waals surface area contributed by atoms with Crippen LogP contribution < -0.4 is 50.5 Å². The third-order valence-corrected chi connectivity index (χ3v) is 35.8. The highest BCUT2D eigenvalue weighted by atomic mass is 19.1. The number of ether oxygens (including phenoxy) is 4. The Kier molecular flexibility index (Phi) is 25.7. The number of aryl methyl sites for hydroxylation is 3. The van der Waals surface area contributed by atoms with E-state index in [1.54, 1.807) is 63.5 Å². The van der Waals surface area contributed by atoms with Gasteiger partial charge in [0.15, 0.2) is 57.8 Å². The van der Waals surface area contributed by atoms with Crippen LogP contribution in [-0.2, 0) is 23.9 Å². The van der Waals surface area contributed by atoms with Crippen LogP contribution in [0.2, 0.25) is 0 Å². The molecule has 3 aromatic carbocycles. The molecular weight excluding hydrogens is 1790 g/mol. The number of aromatic carboxylic acids is 2. The van der Waals surface area contributed by atoms with Crippen LogP contribution in [0.3, 0.4) is 0 Å². The Balaban J connectivity index is 0.000000187. The summed E-state index contributed by atoms with van der Waals surface area (Å²) in [4.78, 5) is 141. The maximum absolute atomic E-state index is 17.3. The van der Waals surface area contributed by atoms with Gasteiger partial charge in [0.25, 0.3) is 0 Å². The summed E-state index contributed by atoms with van der Waals surface area (Å²) in [7, 11) is 4.33. The van der Waals surface area contributed by atoms with E-state index in [4.69, 9.17) is 18.9 Å². The Morgan fingerprint density at radius 3 is 1.28 bits per heavy atom. The number of nitrogens with zero attached hydrogens (tertiary/aromatic N) is 8. The summed E-state index contributed by atoms with van der Waals surface area (Å²) in [6, 6.07) is -0.0392. The summed E-state index contributed by atoms with van der Waals surface area (Å²) in [5.41, 5.74) is -3.03. The van der Waals surface area contributed by atoms with Gasteiger partial charge in [0.2, 0.25) is 16.3 Å². The van der Waals surface area contributed by atoms with Crippen molar-refractivity contribution in [3.63, 3.8) is 0 Å². The van der Waals surface area contributed by atoms with Gasteiger partial charge in [0.05, 0.1) is 66.2 Å². The first-order valence-electron chi connectivity index (χ1n) is 49.7. The van der Waals surface area contributed by atoms with Crippen LogP contribution >= 0.6 is 0 Å². The van der Waals surface area contributed by atoms with E-state index >= 15 is 13.2 Å². The van der Waals surface area contributed by atoms with Crippen LogP contribution in [0.15, 0.2) is 62.0 Å². The standard InChI is InChI=1S/C64H78F2N6O12.C21H26FN3O4.C21H28O5/c1-32-30-70(27-26-68(32)21-18-44(75)64(81)20-17-42-41-15-10-37-28-40(73)16-19-62(37,6)49(41)43(74)29-63(42,64)7)55-51(66)34(3)46-53(59(55)83-9)72(39-13-14-39)36(5)48(57(46)77)61(80)84-31-67-22-24-69(25-23-67)54-50(65)33(2)45-52(58(54)82-8)71(38-11-12-38)35(4)47(56(45)76)60(78)79;1-10-9-24(8-7-23-10)18-16(22)11(2)14-17(20(18)29-4)25(13-5-6-13)12(3)15(19(14)26)21(27)28;1-19-7-5-13(23)9-12(19)3-4-14-15-6-8-21(26,17(25)11-22)20(15,2)10-16(24)18(14)19/h16,19,28,32,38-39,41-43,49,74,81H,10-15,17-18,20-27,29-31H2,1-9H3,(H,78,79);10,13,23H,5-9H2,1-4H3,(H,27,28);5,7,9,14-16,18,22,24,26H,3-4,6,8,10-11H2,1-2H3/t32?,41-,42-,43-,49+,62-,63-,64-;;14-,15-,16-,18+,19-,20-,21-/m0.0/s1. The Morgan fingerprint density at radius 2 is 0.892 bits per heavy atom. The van der Waals surface area contributed by atoms with Gasteiger partial charge in [-0.1, -0.05) is 51.0 Å². The Labute approximate surface area is 804 Å². The quantitative estimate of drug-likeness (QED) is 0.0329. The van der Waals surface area contributed by atoms with Crippen molar-refractivity contribution in [1.29, 1.82) is 0 Å². The number of allylic oxidation sites excluding steroid dienone is 8. The van der Waals surface area contributed by atoms with E-state index in [-0.39, 0.29) is 187 Å². The van der Waals surface area contributed by atoms with Crippen molar-refractivity contribution < 1.29 is 101 Å². The molecule has 30 nitrogen and oxygen atoms in total. The van der Waals surface area contributed by atoms with Crippen molar-refractivity contribution in [3.05, 3.63) is 146 Å². The van der Waals surface area contributed by atoms with Crippen LogP contribution in [0.4, 0.5) is 30.2 Å². The Hall–Kier alpha value is -10.4. The van der Waals surface area contributed by atoms with E-state index in [2.05, 4.69) is 24.1 Å². The molecule has 33 heteroatoms. The fraction of sp³-hybridized carbons (Fsp3) is 0.604. The molecule has 0 spiro atoms. The second kappa shape index (κ2) is 36.2. The number of carbonyl (C=O) groups is 7. The number of piperazine rings is 3. The number of benzene rings is 3. The Morgan fingerprint density at radius 1 is 0.504 bits per heavy atom. The minimum absolute atomic E-state index is 0.00912. The first-order valence-corrected chi connectivity index (χ1v) is 49.7. The van der Waals surface area contributed by atoms with Crippen molar-refractivity contribution in [2.45, 2.75) is 246 Å². The van der Waals surface area contributed by atoms with Crippen molar-refractivity contribution >= 4 is 90.8 Å². The molecule has 0 radical (unpaired) electrons. The number of aliphatic hydroxyl groups excluding tert-OH is 3. The lowest BCUT2D eigenvalue weighted by Gasteiger charge is -2.59. The van der Waals surface area contributed by atoms with E-state index in [1.807, 2.05) is 68.6 Å². The smallest absolute Gasteiger partial charge is 0.345 e. The molecule has 16 atom stereocenters. The van der Waals surface area contributed by atoms with Crippen molar-refractivity contribution in [2.24, 2.45) is 57.2 Å². The zero-order valence-electron chi connectivity index (χ0n) is 82.2. The topological polar surface area (TPSA) is 392 Å². The van der Waals surface area contributed by atoms with Gasteiger partial charge in [-0.3, -0.25) is 43.4 Å². The van der Waals surface area contributed by atoms with E-state index < -0.39 is 109 Å². The number of Topliss-reactive ketones (excluding diaryl/α,β-unsaturated/α-hetero) is 2. The largest absolute Gasteiger partial charge is 0.492 e. The lowest BCUT2D eigenvalue weighted by Crippen LogP contribution is -2.61. The average Bonchev–Trinajstić information content (AvgIpc) is 1.55. The number of aromatic nitrogens is 3. The van der Waals surface area contributed by atoms with Crippen molar-refractivity contribution in [3.8, 4) is 17.2 Å². The number of hydrogen-bond acceptors (Lipinski definition) is 25. The van der Waals surface area contributed by atoms with Crippen LogP contribution in [0.25, 0.3) is 32.7 Å². The number of pyridine rings is 3. The van der Waals surface area contributed by atoms with Crippen LogP contribution in [0, 0.1) is 116 Å². The number of anilines is 3. The molecule has 0 bridgehead atoms. The van der Waals surface area contributed by atoms with Gasteiger partial charge in [0, 0.05) is 176 Å². The second-order valence-electron chi connectivity index (χ2n) is 43.2. The number of aliphatic hydroxyl groups is 5. The summed E-state index contributed by atoms with van der Waals surface area (Å²) in [5.74, 6) is -5.20. The molecule has 6 heterocycles. The monoisotopic (exact) mass is 1920 g/mol. The number of carbonyl (C=O) groups excluding carboxylic acids is 5. The van der Waals surface area contributed by atoms with E-state index in [0.717, 1.165) is 81.8 Å². The first kappa shape index (κ1) is 98.8. The Bertz CT molecular complexity index is 6520. The number of methoxy groups -OCH3 is 3. The number of esters is 1. The van der Waals surface area contributed by atoms with Gasteiger partial charge in [-0.2, -0.15) is 0 Å². The molecule has 14 aliphatic rings. The molecule has 11 aliphatic carbocycles. The summed E-state index contributed by atoms with van der Waals surface area (Å²) < 4.78 is 78.8. The summed E-state index contributed by atoms with van der Waals surface area (Å²) in [6.07, 6.45) is 20.0. The SMILES string of the molecule is COc1c(N2CCN(COC(=O)c3c(C)n(C4CC4)c4c(OC)c(N5CCN(CCC(=O)[C@@]6(O)CC[C@H]7[C@@H]8CCC9=CC(=O)C=C[C@]9(C)[C@H]8[C@@H](O)C[C@@]76C)C(C)C5)c(F)c(C)c4c3=O)CC2)c(F)c(C)c2c(=O)c(C(=O)O)c(C)n(C3CC3)c12.COc1c(N2CCNC(C)C2)c(F)c(C)c2c(=O)c(C(=O)O)c(C)n(C3CC3)c12.C[C@]12C=CC(=O)C=C1CC[C@@H]1[C@@H]2[C@@H](O)C[C@@]2(C)[C@H]1CC[C@]2(O)C(=O)CO. The average molecular weight is 1930 g/mol. The molecule has 3 aliphatic heterocycles. The molecule has 3 saturated heterocycles.